The molecule has 0 radical (unpaired) electrons. The van der Waals surface area contributed by atoms with E-state index in [0.29, 0.717) is 23.4 Å². The van der Waals surface area contributed by atoms with Crippen molar-refractivity contribution >= 4 is 39.2 Å². The van der Waals surface area contributed by atoms with E-state index >= 15 is 0 Å². The predicted molar refractivity (Wildman–Crippen MR) is 136 cm³/mol. The smallest absolute Gasteiger partial charge is 0.323 e. The van der Waals surface area contributed by atoms with Crippen molar-refractivity contribution in [1.29, 1.82) is 0 Å². The average Bonchev–Trinajstić information content (AvgIpc) is 3.07. The fraction of sp³-hybridized carbons (Fsp3) is 0.143. The second-order valence-corrected chi connectivity index (χ2v) is 8.94. The Balaban J connectivity index is 1.69. The van der Waals surface area contributed by atoms with E-state index in [0.717, 1.165) is 38.7 Å². The first-order valence-electron chi connectivity index (χ1n) is 11.1. The van der Waals surface area contributed by atoms with Crippen LogP contribution in [0.2, 0.25) is 5.02 Å². The van der Waals surface area contributed by atoms with Crippen LogP contribution in [-0.2, 0) is 24.3 Å². The van der Waals surface area contributed by atoms with Gasteiger partial charge in [-0.2, -0.15) is 0 Å². The highest BCUT2D eigenvalue weighted by atomic mass is 35.5. The van der Waals surface area contributed by atoms with Gasteiger partial charge in [0.2, 0.25) is 0 Å². The molecule has 0 spiro atoms. The van der Waals surface area contributed by atoms with Gasteiger partial charge >= 0.3 is 5.97 Å². The number of halogens is 1. The Morgan fingerprint density at radius 1 is 0.941 bits per heavy atom. The first kappa shape index (κ1) is 22.0. The van der Waals surface area contributed by atoms with Gasteiger partial charge in [0.1, 0.15) is 6.54 Å². The van der Waals surface area contributed by atoms with Crippen molar-refractivity contribution in [3.05, 3.63) is 117 Å². The molecule has 0 saturated heterocycles. The van der Waals surface area contributed by atoms with Gasteiger partial charge in [-0.3, -0.25) is 9.59 Å². The van der Waals surface area contributed by atoms with Gasteiger partial charge in [-0.15, -0.1) is 0 Å². The van der Waals surface area contributed by atoms with Gasteiger partial charge < -0.3 is 14.2 Å². The minimum absolute atomic E-state index is 0.0312. The van der Waals surface area contributed by atoms with Gasteiger partial charge in [0, 0.05) is 39.6 Å². The Labute approximate surface area is 201 Å². The molecule has 0 bridgehead atoms. The molecule has 0 aliphatic heterocycles. The van der Waals surface area contributed by atoms with Crippen LogP contribution in [0.25, 0.3) is 21.7 Å². The first-order chi connectivity index (χ1) is 16.4. The fourth-order valence-corrected chi connectivity index (χ4v) is 4.91. The van der Waals surface area contributed by atoms with Crippen LogP contribution in [0.5, 0.6) is 0 Å². The van der Waals surface area contributed by atoms with E-state index in [-0.39, 0.29) is 12.1 Å². The molecule has 0 saturated carbocycles. The van der Waals surface area contributed by atoms with Crippen molar-refractivity contribution in [2.75, 3.05) is 0 Å². The van der Waals surface area contributed by atoms with Gasteiger partial charge in [-0.1, -0.05) is 60.1 Å². The molecule has 5 aromatic rings. The molecule has 3 aromatic carbocycles. The van der Waals surface area contributed by atoms with E-state index in [9.17, 15) is 14.7 Å². The lowest BCUT2D eigenvalue weighted by Crippen LogP contribution is -2.21. The molecular formula is C28H23ClN2O3. The van der Waals surface area contributed by atoms with Gasteiger partial charge in [-0.05, 0) is 53.3 Å². The van der Waals surface area contributed by atoms with Crippen molar-refractivity contribution < 1.29 is 9.90 Å². The number of carbonyl (C=O) groups is 1. The summed E-state index contributed by atoms with van der Waals surface area (Å²) in [5.74, 6) is -0.900. The zero-order valence-corrected chi connectivity index (χ0v) is 19.4. The van der Waals surface area contributed by atoms with Crippen molar-refractivity contribution in [3.63, 3.8) is 0 Å². The number of aliphatic carboxylic acids is 1. The molecule has 0 amide bonds. The Morgan fingerprint density at radius 3 is 2.38 bits per heavy atom. The van der Waals surface area contributed by atoms with Crippen LogP contribution in [0.4, 0.5) is 0 Å². The van der Waals surface area contributed by atoms with E-state index in [2.05, 4.69) is 0 Å². The molecule has 0 aliphatic carbocycles. The summed E-state index contributed by atoms with van der Waals surface area (Å²) >= 11 is 6.32. The van der Waals surface area contributed by atoms with Crippen LogP contribution < -0.4 is 5.56 Å². The molecule has 0 atom stereocenters. The van der Waals surface area contributed by atoms with Crippen LogP contribution in [0, 0.1) is 6.92 Å². The minimum atomic E-state index is -0.900. The van der Waals surface area contributed by atoms with E-state index in [4.69, 9.17) is 11.6 Å². The summed E-state index contributed by atoms with van der Waals surface area (Å²) in [7, 11) is 0. The summed E-state index contributed by atoms with van der Waals surface area (Å²) in [4.78, 5) is 24.8. The highest BCUT2D eigenvalue weighted by molar-refractivity contribution is 6.31. The fourth-order valence-electron chi connectivity index (χ4n) is 4.74. The van der Waals surface area contributed by atoms with Crippen LogP contribution in [0.15, 0.2) is 83.8 Å². The van der Waals surface area contributed by atoms with Gasteiger partial charge in [0.15, 0.2) is 0 Å². The maximum Gasteiger partial charge on any atom is 0.323 e. The number of fused-ring (bicyclic) bond motifs is 2. The molecule has 1 N–H and O–H groups in total. The second-order valence-electron chi connectivity index (χ2n) is 8.50. The lowest BCUT2D eigenvalue weighted by atomic mass is 9.98. The van der Waals surface area contributed by atoms with Crippen molar-refractivity contribution in [2.45, 2.75) is 26.4 Å². The lowest BCUT2D eigenvalue weighted by Gasteiger charge is -2.13. The van der Waals surface area contributed by atoms with E-state index in [1.807, 2.05) is 84.4 Å². The van der Waals surface area contributed by atoms with Gasteiger partial charge in [-0.25, -0.2) is 0 Å². The maximum atomic E-state index is 13.3. The number of nitrogens with zero attached hydrogens (tertiary/aromatic N) is 2. The first-order valence-corrected chi connectivity index (χ1v) is 11.4. The third-order valence-corrected chi connectivity index (χ3v) is 6.58. The summed E-state index contributed by atoms with van der Waals surface area (Å²) in [5, 5.41) is 12.6. The number of benzene rings is 3. The molecule has 0 aliphatic rings. The molecular weight excluding hydrogens is 448 g/mol. The SMILES string of the molecule is Cc1c(Cc2cn(Cc3ccccc3)c(=O)c3ccccc23)c2cc(Cl)ccc2n1CC(=O)O. The zero-order valence-electron chi connectivity index (χ0n) is 18.7. The van der Waals surface area contributed by atoms with E-state index in [1.165, 1.54) is 0 Å². The number of rotatable bonds is 6. The molecule has 0 fully saturated rings. The molecule has 6 heteroatoms. The molecule has 170 valence electrons. The molecule has 5 nitrogen and oxygen atoms in total. The molecule has 2 heterocycles. The quantitative estimate of drug-likeness (QED) is 0.349. The number of hydrogen-bond acceptors (Lipinski definition) is 2. The third kappa shape index (κ3) is 3.99. The van der Waals surface area contributed by atoms with E-state index in [1.54, 1.807) is 10.6 Å². The van der Waals surface area contributed by atoms with Crippen LogP contribution in [0.3, 0.4) is 0 Å². The highest BCUT2D eigenvalue weighted by Crippen LogP contribution is 2.31. The van der Waals surface area contributed by atoms with Crippen LogP contribution >= 0.6 is 11.6 Å². The summed E-state index contributed by atoms with van der Waals surface area (Å²) in [5.41, 5.74) is 4.74. The Kier molecular flexibility index (Phi) is 5.72. The number of aromatic nitrogens is 2. The molecule has 2 aromatic heterocycles. The second kappa shape index (κ2) is 8.84. The maximum absolute atomic E-state index is 13.3. The lowest BCUT2D eigenvalue weighted by molar-refractivity contribution is -0.137. The summed E-state index contributed by atoms with van der Waals surface area (Å²) < 4.78 is 3.57. The van der Waals surface area contributed by atoms with Crippen molar-refractivity contribution in [2.24, 2.45) is 0 Å². The Hall–Kier alpha value is -3.83. The molecule has 0 unspecified atom stereocenters. The summed E-state index contributed by atoms with van der Waals surface area (Å²) in [6.45, 7) is 2.29. The van der Waals surface area contributed by atoms with Crippen molar-refractivity contribution in [3.8, 4) is 0 Å². The summed E-state index contributed by atoms with van der Waals surface area (Å²) in [6.07, 6.45) is 2.48. The predicted octanol–water partition coefficient (Wildman–Crippen LogP) is 5.64. The number of pyridine rings is 1. The minimum Gasteiger partial charge on any atom is -0.480 e. The Morgan fingerprint density at radius 2 is 1.65 bits per heavy atom. The molecule has 34 heavy (non-hydrogen) atoms. The van der Waals surface area contributed by atoms with Crippen LogP contribution in [0.1, 0.15) is 22.4 Å². The normalized spacial score (nSPS) is 11.4. The Bertz CT molecular complexity index is 1600. The summed E-state index contributed by atoms with van der Waals surface area (Å²) in [6, 6.07) is 23.1. The van der Waals surface area contributed by atoms with Gasteiger partial charge in [0.25, 0.3) is 5.56 Å². The highest BCUT2D eigenvalue weighted by Gasteiger charge is 2.18. The largest absolute Gasteiger partial charge is 0.480 e. The number of carboxylic acid groups (broad SMARTS) is 1. The monoisotopic (exact) mass is 470 g/mol. The standard InChI is InChI=1S/C28H23ClN2O3/c1-18-24(25-14-21(29)11-12-26(25)31(18)17-27(32)33)13-20-16-30(15-19-7-3-2-4-8-19)28(34)23-10-6-5-9-22(20)23/h2-12,14,16H,13,15,17H2,1H3,(H,32,33). The zero-order chi connectivity index (χ0) is 23.8. The number of carboxylic acids is 1. The topological polar surface area (TPSA) is 64.2 Å². The van der Waals surface area contributed by atoms with Gasteiger partial charge in [0.05, 0.1) is 6.54 Å². The van der Waals surface area contributed by atoms with Crippen molar-refractivity contribution in [1.82, 2.24) is 9.13 Å². The molecule has 5 rings (SSSR count). The van der Waals surface area contributed by atoms with Crippen LogP contribution in [-0.4, -0.2) is 20.2 Å². The number of hydrogen-bond donors (Lipinski definition) is 1. The average molecular weight is 471 g/mol. The van der Waals surface area contributed by atoms with E-state index < -0.39 is 5.97 Å². The third-order valence-electron chi connectivity index (χ3n) is 6.35.